The third-order valence-electron chi connectivity index (χ3n) is 1.45. The molecule has 0 aliphatic carbocycles. The highest BCUT2D eigenvalue weighted by Gasteiger charge is 2.31. The van der Waals surface area contributed by atoms with E-state index in [1.807, 2.05) is 0 Å². The van der Waals surface area contributed by atoms with Crippen molar-refractivity contribution < 1.29 is 17.9 Å². The summed E-state index contributed by atoms with van der Waals surface area (Å²) >= 11 is 0. The summed E-state index contributed by atoms with van der Waals surface area (Å²) in [5.41, 5.74) is -0.596. The molecule has 0 heterocycles. The Hall–Kier alpha value is -0.620. The van der Waals surface area contributed by atoms with E-state index in [2.05, 4.69) is 9.46 Å². The first kappa shape index (κ1) is 13.4. The summed E-state index contributed by atoms with van der Waals surface area (Å²) in [7, 11) is -2.50. The van der Waals surface area contributed by atoms with Gasteiger partial charge in [-0.2, -0.15) is 0 Å². The molecule has 0 amide bonds. The fraction of sp³-hybridized carbons (Fsp3) is 0.875. The van der Waals surface area contributed by atoms with Crippen LogP contribution in [-0.4, -0.2) is 32.3 Å². The van der Waals surface area contributed by atoms with E-state index < -0.39 is 26.8 Å². The topological polar surface area (TPSA) is 72.5 Å². The predicted molar refractivity (Wildman–Crippen MR) is 53.3 cm³/mol. The fourth-order valence-corrected chi connectivity index (χ4v) is 2.19. The van der Waals surface area contributed by atoms with Crippen molar-refractivity contribution >= 4 is 16.0 Å². The number of sulfonamides is 1. The Morgan fingerprint density at radius 1 is 1.36 bits per heavy atom. The van der Waals surface area contributed by atoms with Crippen LogP contribution in [0.4, 0.5) is 0 Å². The maximum Gasteiger partial charge on any atom is 0.325 e. The average molecular weight is 223 g/mol. The van der Waals surface area contributed by atoms with E-state index in [1.165, 1.54) is 6.92 Å². The van der Waals surface area contributed by atoms with Crippen LogP contribution in [0.1, 0.15) is 27.7 Å². The van der Waals surface area contributed by atoms with Crippen LogP contribution in [0.2, 0.25) is 0 Å². The Labute approximate surface area is 84.9 Å². The summed E-state index contributed by atoms with van der Waals surface area (Å²) in [5, 5.41) is -1.19. The summed E-state index contributed by atoms with van der Waals surface area (Å²) in [6.45, 7) is 6.40. The smallest absolute Gasteiger partial charge is 0.325 e. The molecule has 0 bridgehead atoms. The van der Waals surface area contributed by atoms with Crippen LogP contribution in [0.25, 0.3) is 0 Å². The molecule has 6 heteroatoms. The molecule has 0 saturated heterocycles. The molecule has 5 nitrogen and oxygen atoms in total. The number of esters is 1. The zero-order valence-electron chi connectivity index (χ0n) is 9.12. The van der Waals surface area contributed by atoms with Gasteiger partial charge in [0.05, 0.1) is 7.11 Å². The summed E-state index contributed by atoms with van der Waals surface area (Å²) in [5.74, 6) is -0.762. The van der Waals surface area contributed by atoms with Gasteiger partial charge in [-0.3, -0.25) is 4.79 Å². The van der Waals surface area contributed by atoms with Crippen molar-refractivity contribution in [3.05, 3.63) is 0 Å². The van der Waals surface area contributed by atoms with Crippen LogP contribution in [0.15, 0.2) is 0 Å². The first-order valence-corrected chi connectivity index (χ1v) is 5.75. The number of carbonyl (C=O) groups excluding carboxylic acids is 1. The minimum absolute atomic E-state index is 0.596. The van der Waals surface area contributed by atoms with E-state index in [9.17, 15) is 13.2 Å². The lowest BCUT2D eigenvalue weighted by Crippen LogP contribution is -2.47. The molecule has 0 aromatic heterocycles. The first-order chi connectivity index (χ1) is 6.10. The molecule has 0 rings (SSSR count). The second-order valence-electron chi connectivity index (χ2n) is 4.06. The maximum absolute atomic E-state index is 11.5. The monoisotopic (exact) mass is 223 g/mol. The van der Waals surface area contributed by atoms with E-state index in [0.29, 0.717) is 0 Å². The summed E-state index contributed by atoms with van der Waals surface area (Å²) < 4.78 is 29.8. The van der Waals surface area contributed by atoms with E-state index in [-0.39, 0.29) is 0 Å². The van der Waals surface area contributed by atoms with Crippen molar-refractivity contribution in [1.82, 2.24) is 4.72 Å². The summed E-state index contributed by atoms with van der Waals surface area (Å²) in [4.78, 5) is 11.0. The third-order valence-corrected chi connectivity index (χ3v) is 3.47. The molecule has 84 valence electrons. The van der Waals surface area contributed by atoms with Crippen LogP contribution < -0.4 is 4.72 Å². The van der Waals surface area contributed by atoms with E-state index >= 15 is 0 Å². The first-order valence-electron chi connectivity index (χ1n) is 4.21. The highest BCUT2D eigenvalue weighted by atomic mass is 32.2. The van der Waals surface area contributed by atoms with Gasteiger partial charge in [0.15, 0.2) is 5.25 Å². The van der Waals surface area contributed by atoms with Crippen molar-refractivity contribution in [2.75, 3.05) is 7.11 Å². The molecule has 0 aromatic rings. The molecular formula is C8H17NO4S. The van der Waals surface area contributed by atoms with Gasteiger partial charge in [0, 0.05) is 5.54 Å². The lowest BCUT2D eigenvalue weighted by atomic mass is 10.1. The quantitative estimate of drug-likeness (QED) is 0.697. The Balaban J connectivity index is 4.73. The highest BCUT2D eigenvalue weighted by Crippen LogP contribution is 2.07. The van der Waals surface area contributed by atoms with E-state index in [0.717, 1.165) is 7.11 Å². The highest BCUT2D eigenvalue weighted by molar-refractivity contribution is 7.90. The van der Waals surface area contributed by atoms with Gasteiger partial charge >= 0.3 is 5.97 Å². The minimum atomic E-state index is -3.65. The zero-order valence-corrected chi connectivity index (χ0v) is 9.94. The fourth-order valence-electron chi connectivity index (χ4n) is 0.808. The Morgan fingerprint density at radius 2 is 1.79 bits per heavy atom. The number of ether oxygens (including phenoxy) is 1. The second-order valence-corrected chi connectivity index (χ2v) is 6.06. The van der Waals surface area contributed by atoms with Crippen molar-refractivity contribution in [3.8, 4) is 0 Å². The predicted octanol–water partition coefficient (Wildman–Crippen LogP) is 0.266. The molecule has 0 aliphatic heterocycles. The Bertz CT molecular complexity index is 302. The van der Waals surface area contributed by atoms with E-state index in [1.54, 1.807) is 20.8 Å². The van der Waals surface area contributed by atoms with Crippen LogP contribution in [0, 0.1) is 0 Å². The number of rotatable bonds is 3. The van der Waals surface area contributed by atoms with Gasteiger partial charge in [-0.1, -0.05) is 0 Å². The molecule has 0 aliphatic rings. The molecule has 0 fully saturated rings. The minimum Gasteiger partial charge on any atom is -0.468 e. The number of carbonyl (C=O) groups is 1. The largest absolute Gasteiger partial charge is 0.468 e. The molecule has 0 radical (unpaired) electrons. The van der Waals surface area contributed by atoms with Gasteiger partial charge < -0.3 is 4.74 Å². The molecule has 1 N–H and O–H groups in total. The molecule has 1 unspecified atom stereocenters. The van der Waals surface area contributed by atoms with Gasteiger partial charge in [-0.15, -0.1) is 0 Å². The summed E-state index contributed by atoms with van der Waals surface area (Å²) in [6.07, 6.45) is 0. The van der Waals surface area contributed by atoms with Gasteiger partial charge in [0.25, 0.3) is 0 Å². The summed E-state index contributed by atoms with van der Waals surface area (Å²) in [6, 6.07) is 0. The normalized spacial score (nSPS) is 14.9. The van der Waals surface area contributed by atoms with Crippen LogP contribution in [-0.2, 0) is 19.6 Å². The molecule has 0 saturated carbocycles. The molecule has 0 aromatic carbocycles. The zero-order chi connectivity index (χ0) is 11.6. The van der Waals surface area contributed by atoms with Crippen molar-refractivity contribution in [3.63, 3.8) is 0 Å². The van der Waals surface area contributed by atoms with E-state index in [4.69, 9.17) is 0 Å². The average Bonchev–Trinajstić information content (AvgIpc) is 1.97. The standard InChI is InChI=1S/C8H17NO4S/c1-6(7(10)13-5)14(11,12)9-8(2,3)4/h6,9H,1-5H3. The lowest BCUT2D eigenvalue weighted by molar-refractivity contribution is -0.139. The molecule has 14 heavy (non-hydrogen) atoms. The van der Waals surface area contributed by atoms with Crippen LogP contribution in [0.3, 0.4) is 0 Å². The number of methoxy groups -OCH3 is 1. The van der Waals surface area contributed by atoms with Gasteiger partial charge in [-0.05, 0) is 27.7 Å². The number of hydrogen-bond acceptors (Lipinski definition) is 4. The Kier molecular flexibility index (Phi) is 4.08. The Morgan fingerprint density at radius 3 is 2.07 bits per heavy atom. The van der Waals surface area contributed by atoms with Crippen LogP contribution in [0.5, 0.6) is 0 Å². The molecule has 1 atom stereocenters. The third kappa shape index (κ3) is 4.06. The van der Waals surface area contributed by atoms with Crippen LogP contribution >= 0.6 is 0 Å². The second kappa shape index (κ2) is 4.27. The van der Waals surface area contributed by atoms with Gasteiger partial charge in [0.1, 0.15) is 0 Å². The number of hydrogen-bond donors (Lipinski definition) is 1. The van der Waals surface area contributed by atoms with Crippen molar-refractivity contribution in [2.45, 2.75) is 38.5 Å². The molecular weight excluding hydrogens is 206 g/mol. The van der Waals surface area contributed by atoms with Gasteiger partial charge in [0.2, 0.25) is 10.0 Å². The number of nitrogens with one attached hydrogen (secondary N) is 1. The SMILES string of the molecule is COC(=O)C(C)S(=O)(=O)NC(C)(C)C. The van der Waals surface area contributed by atoms with Crippen molar-refractivity contribution in [2.24, 2.45) is 0 Å². The lowest BCUT2D eigenvalue weighted by Gasteiger charge is -2.22. The molecule has 0 spiro atoms. The maximum atomic E-state index is 11.5. The van der Waals surface area contributed by atoms with Gasteiger partial charge in [-0.25, -0.2) is 13.1 Å². The van der Waals surface area contributed by atoms with Crippen molar-refractivity contribution in [1.29, 1.82) is 0 Å².